The van der Waals surface area contributed by atoms with E-state index in [4.69, 9.17) is 8.83 Å². The number of hydrogen-bond donors (Lipinski definition) is 0. The van der Waals surface area contributed by atoms with Crippen LogP contribution in [0, 0.1) is 0 Å². The van der Waals surface area contributed by atoms with Crippen LogP contribution < -0.4 is 4.90 Å². The molecule has 0 fully saturated rings. The molecule has 2 heterocycles. The fourth-order valence-corrected chi connectivity index (χ4v) is 8.22. The molecule has 0 aliphatic heterocycles. The molecule has 0 aliphatic rings. The molecule has 9 aromatic carbocycles. The van der Waals surface area contributed by atoms with Gasteiger partial charge in [0, 0.05) is 50.2 Å². The molecule has 0 saturated carbocycles. The number of nitrogens with zero attached hydrogens (tertiary/aromatic N) is 2. The summed E-state index contributed by atoms with van der Waals surface area (Å²) in [6.07, 6.45) is 0. The van der Waals surface area contributed by atoms with Crippen LogP contribution in [0.3, 0.4) is 0 Å². The van der Waals surface area contributed by atoms with Gasteiger partial charge < -0.3 is 18.3 Å². The zero-order chi connectivity index (χ0) is 35.6. The molecule has 0 atom stereocenters. The first kappa shape index (κ1) is 30.3. The molecule has 11 aromatic rings. The lowest BCUT2D eigenvalue weighted by Crippen LogP contribution is -2.10. The molecule has 0 N–H and O–H groups in total. The molecule has 254 valence electrons. The fourth-order valence-electron chi connectivity index (χ4n) is 8.22. The Balaban J connectivity index is 1.33. The Bertz CT molecular complexity index is 3280. The van der Waals surface area contributed by atoms with E-state index < -0.39 is 0 Å². The van der Waals surface area contributed by atoms with Crippen molar-refractivity contribution in [3.05, 3.63) is 194 Å². The van der Waals surface area contributed by atoms with Gasteiger partial charge in [0.2, 0.25) is 0 Å². The number of rotatable bonds is 4. The van der Waals surface area contributed by atoms with Gasteiger partial charge in [0.25, 0.3) is 0 Å². The Morgan fingerprint density at radius 3 is 1.83 bits per heavy atom. The number of anilines is 3. The second kappa shape index (κ2) is 12.1. The molecule has 0 unspecified atom stereocenters. The van der Waals surface area contributed by atoms with Gasteiger partial charge in [0.15, 0.2) is 5.58 Å². The van der Waals surface area contributed by atoms with Gasteiger partial charge in [-0.25, -0.2) is 0 Å². The van der Waals surface area contributed by atoms with E-state index in [9.17, 15) is 0 Å². The Hall–Kier alpha value is -7.30. The average molecular weight is 693 g/mol. The summed E-state index contributed by atoms with van der Waals surface area (Å²) < 4.78 is 15.8. The standard InChI is InChI=1S/C50H32N2O2/c1-3-14-33(15-4-1)51-35-18-11-19-37(30-35)53-49-32-44-39(38-20-7-8-21-41(38)49)23-12-24-40(44)45-31-36(28-29-46(45)51)52(34-16-5-2-6-17-34)47-26-13-25-43-42-22-9-10-27-48(42)54-50(43)47/h1-32H. The van der Waals surface area contributed by atoms with E-state index in [0.717, 1.165) is 93.8 Å². The summed E-state index contributed by atoms with van der Waals surface area (Å²) in [4.78, 5) is 2.32. The number of aromatic nitrogens is 1. The van der Waals surface area contributed by atoms with Crippen LogP contribution in [0.1, 0.15) is 0 Å². The largest absolute Gasteiger partial charge is 0.457 e. The van der Waals surface area contributed by atoms with Gasteiger partial charge in [-0.3, -0.25) is 0 Å². The van der Waals surface area contributed by atoms with Gasteiger partial charge in [-0.1, -0.05) is 115 Å². The summed E-state index contributed by atoms with van der Waals surface area (Å²) in [5.74, 6) is 0. The van der Waals surface area contributed by atoms with E-state index in [1.165, 1.54) is 5.39 Å². The first-order valence-corrected chi connectivity index (χ1v) is 18.3. The molecule has 2 aromatic heterocycles. The van der Waals surface area contributed by atoms with Gasteiger partial charge in [0.05, 0.1) is 11.2 Å². The molecule has 0 spiro atoms. The molecule has 0 saturated heterocycles. The maximum absolute atomic E-state index is 6.81. The quantitative estimate of drug-likeness (QED) is 0.172. The Kier molecular flexibility index (Phi) is 6.82. The van der Waals surface area contributed by atoms with Gasteiger partial charge in [0.1, 0.15) is 16.7 Å². The third kappa shape index (κ3) is 4.78. The summed E-state index contributed by atoms with van der Waals surface area (Å²) in [6, 6.07) is 68.5. The van der Waals surface area contributed by atoms with E-state index >= 15 is 0 Å². The molecule has 11 rings (SSSR count). The lowest BCUT2D eigenvalue weighted by atomic mass is 9.97. The number of fused-ring (bicyclic) bond motifs is 11. The zero-order valence-electron chi connectivity index (χ0n) is 29.2. The Morgan fingerprint density at radius 2 is 1.00 bits per heavy atom. The lowest BCUT2D eigenvalue weighted by molar-refractivity contribution is 0.660. The average Bonchev–Trinajstić information content (AvgIpc) is 3.61. The number of hydrogen-bond acceptors (Lipinski definition) is 3. The van der Waals surface area contributed by atoms with Gasteiger partial charge in [-0.2, -0.15) is 0 Å². The minimum atomic E-state index is 0.782. The first-order valence-electron chi connectivity index (χ1n) is 18.3. The Labute approximate surface area is 310 Å². The number of para-hydroxylation sites is 4. The first-order chi connectivity index (χ1) is 26.8. The van der Waals surface area contributed by atoms with Crippen LogP contribution in [0.5, 0.6) is 0 Å². The highest BCUT2D eigenvalue weighted by Gasteiger charge is 2.20. The molecule has 4 nitrogen and oxygen atoms in total. The highest BCUT2D eigenvalue weighted by molar-refractivity contribution is 6.22. The van der Waals surface area contributed by atoms with E-state index in [1.807, 2.05) is 18.2 Å². The summed E-state index contributed by atoms with van der Waals surface area (Å²) in [6.45, 7) is 0. The van der Waals surface area contributed by atoms with Gasteiger partial charge in [-0.15, -0.1) is 0 Å². The summed E-state index contributed by atoms with van der Waals surface area (Å²) in [7, 11) is 0. The molecule has 54 heavy (non-hydrogen) atoms. The summed E-state index contributed by atoms with van der Waals surface area (Å²) in [5.41, 5.74) is 9.47. The molecule has 4 bridgehead atoms. The van der Waals surface area contributed by atoms with Crippen molar-refractivity contribution in [2.45, 2.75) is 0 Å². The predicted molar refractivity (Wildman–Crippen MR) is 225 cm³/mol. The molecule has 0 radical (unpaired) electrons. The van der Waals surface area contributed by atoms with Crippen molar-refractivity contribution < 1.29 is 8.83 Å². The topological polar surface area (TPSA) is 34.5 Å². The van der Waals surface area contributed by atoms with Crippen molar-refractivity contribution in [2.75, 3.05) is 4.90 Å². The minimum Gasteiger partial charge on any atom is -0.457 e. The van der Waals surface area contributed by atoms with Crippen LogP contribution in [0.2, 0.25) is 0 Å². The van der Waals surface area contributed by atoms with Crippen molar-refractivity contribution in [1.82, 2.24) is 4.57 Å². The molecule has 0 amide bonds. The van der Waals surface area contributed by atoms with Crippen LogP contribution >= 0.6 is 0 Å². The van der Waals surface area contributed by atoms with Crippen LogP contribution in [0.15, 0.2) is 203 Å². The maximum Gasteiger partial charge on any atom is 0.159 e. The minimum absolute atomic E-state index is 0.782. The smallest absolute Gasteiger partial charge is 0.159 e. The van der Waals surface area contributed by atoms with Crippen molar-refractivity contribution in [1.29, 1.82) is 0 Å². The van der Waals surface area contributed by atoms with E-state index in [-0.39, 0.29) is 0 Å². The van der Waals surface area contributed by atoms with Crippen molar-refractivity contribution >= 4 is 93.5 Å². The second-order valence-corrected chi connectivity index (χ2v) is 13.7. The summed E-state index contributed by atoms with van der Waals surface area (Å²) in [5, 5.41) is 8.93. The number of furan rings is 1. The third-order valence-corrected chi connectivity index (χ3v) is 10.6. The van der Waals surface area contributed by atoms with Gasteiger partial charge in [-0.05, 0) is 94.3 Å². The van der Waals surface area contributed by atoms with Crippen LogP contribution in [0.25, 0.3) is 82.1 Å². The van der Waals surface area contributed by atoms with E-state index in [0.29, 0.717) is 0 Å². The fraction of sp³-hybridized carbons (Fsp3) is 0. The molecular formula is C50H32N2O2. The zero-order valence-corrected chi connectivity index (χ0v) is 29.2. The highest BCUT2D eigenvalue weighted by Crippen LogP contribution is 2.44. The highest BCUT2D eigenvalue weighted by atomic mass is 16.3. The molecule has 0 aliphatic carbocycles. The second-order valence-electron chi connectivity index (χ2n) is 13.7. The van der Waals surface area contributed by atoms with E-state index in [1.54, 1.807) is 0 Å². The van der Waals surface area contributed by atoms with Crippen LogP contribution in [-0.2, 0) is 0 Å². The number of benzene rings is 9. The van der Waals surface area contributed by atoms with Crippen molar-refractivity contribution in [3.8, 4) is 5.69 Å². The summed E-state index contributed by atoms with van der Waals surface area (Å²) >= 11 is 0. The Morgan fingerprint density at radius 1 is 0.370 bits per heavy atom. The molecular weight excluding hydrogens is 661 g/mol. The predicted octanol–water partition coefficient (Wildman–Crippen LogP) is 14.3. The monoisotopic (exact) mass is 692 g/mol. The maximum atomic E-state index is 6.81. The normalized spacial score (nSPS) is 11.7. The van der Waals surface area contributed by atoms with Crippen LogP contribution in [-0.4, -0.2) is 4.57 Å². The lowest BCUT2D eigenvalue weighted by Gasteiger charge is -2.26. The van der Waals surface area contributed by atoms with Crippen molar-refractivity contribution in [2.24, 2.45) is 0 Å². The third-order valence-electron chi connectivity index (χ3n) is 10.6. The van der Waals surface area contributed by atoms with E-state index in [2.05, 4.69) is 185 Å². The van der Waals surface area contributed by atoms with Crippen LogP contribution in [0.4, 0.5) is 17.1 Å². The van der Waals surface area contributed by atoms with Gasteiger partial charge >= 0.3 is 0 Å². The van der Waals surface area contributed by atoms with Crippen molar-refractivity contribution in [3.63, 3.8) is 0 Å². The SMILES string of the molecule is c1ccc(N(c2ccc3c(c2)c2cccc4c5ccccc5c(cc42)oc2cccc(c2)n3-c2ccccc2)c2cccc3c2oc2ccccc23)cc1. The molecule has 4 heteroatoms.